The van der Waals surface area contributed by atoms with Crippen LogP contribution < -0.4 is 16.0 Å². The Morgan fingerprint density at radius 2 is 1.64 bits per heavy atom. The Kier molecular flexibility index (Phi) is 10.7. The molecule has 2 atom stereocenters. The number of carboxylic acid groups (broad SMARTS) is 1. The van der Waals surface area contributed by atoms with Crippen LogP contribution in [0.4, 0.5) is 13.6 Å². The minimum atomic E-state index is -1.24. The molecule has 0 aliphatic heterocycles. The number of halogens is 2. The van der Waals surface area contributed by atoms with Gasteiger partial charge in [-0.25, -0.2) is 18.4 Å². The summed E-state index contributed by atoms with van der Waals surface area (Å²) in [5.41, 5.74) is -0.525. The molecule has 0 aromatic heterocycles. The molecule has 0 aliphatic carbocycles. The van der Waals surface area contributed by atoms with E-state index in [9.17, 15) is 33.1 Å². The van der Waals surface area contributed by atoms with Crippen LogP contribution in [-0.2, 0) is 25.5 Å². The van der Waals surface area contributed by atoms with Gasteiger partial charge in [-0.1, -0.05) is 0 Å². The minimum absolute atomic E-state index is 0.0982. The molecule has 0 saturated heterocycles. The molecule has 3 amide bonds. The van der Waals surface area contributed by atoms with Gasteiger partial charge in [-0.05, 0) is 64.7 Å². The summed E-state index contributed by atoms with van der Waals surface area (Å²) in [5.74, 6) is -4.25. The van der Waals surface area contributed by atoms with E-state index in [0.717, 1.165) is 12.1 Å². The third kappa shape index (κ3) is 11.8. The van der Waals surface area contributed by atoms with E-state index in [4.69, 9.17) is 4.74 Å². The third-order valence-corrected chi connectivity index (χ3v) is 4.26. The van der Waals surface area contributed by atoms with Gasteiger partial charge >= 0.3 is 12.1 Å². The Morgan fingerprint density at radius 3 is 2.18 bits per heavy atom. The van der Waals surface area contributed by atoms with E-state index in [1.54, 1.807) is 20.8 Å². The van der Waals surface area contributed by atoms with E-state index in [2.05, 4.69) is 16.0 Å². The maximum atomic E-state index is 13.2. The predicted molar refractivity (Wildman–Crippen MR) is 115 cm³/mol. The van der Waals surface area contributed by atoms with E-state index < -0.39 is 53.2 Å². The van der Waals surface area contributed by atoms with Gasteiger partial charge in [0.25, 0.3) is 0 Å². The Balaban J connectivity index is 2.44. The van der Waals surface area contributed by atoms with Crippen molar-refractivity contribution >= 4 is 23.9 Å². The molecule has 11 heteroatoms. The molecule has 1 rings (SSSR count). The number of aliphatic carboxylic acids is 1. The lowest BCUT2D eigenvalue weighted by molar-refractivity contribution is -0.142. The summed E-state index contributed by atoms with van der Waals surface area (Å²) >= 11 is 0. The minimum Gasteiger partial charge on any atom is -0.480 e. The lowest BCUT2D eigenvalue weighted by Crippen LogP contribution is -2.50. The first-order chi connectivity index (χ1) is 15.3. The Hall–Kier alpha value is -3.24. The second kappa shape index (κ2) is 12.7. The maximum Gasteiger partial charge on any atom is 0.407 e. The smallest absolute Gasteiger partial charge is 0.407 e. The fourth-order valence-electron chi connectivity index (χ4n) is 2.79. The van der Waals surface area contributed by atoms with Crippen LogP contribution >= 0.6 is 0 Å². The molecule has 0 saturated carbocycles. The number of ether oxygens (including phenoxy) is 1. The first kappa shape index (κ1) is 27.8. The van der Waals surface area contributed by atoms with Crippen molar-refractivity contribution in [3.63, 3.8) is 0 Å². The fourth-order valence-corrected chi connectivity index (χ4v) is 2.79. The van der Waals surface area contributed by atoms with Crippen molar-refractivity contribution < 1.29 is 37.8 Å². The second-order valence-corrected chi connectivity index (χ2v) is 8.57. The number of carbonyl (C=O) groups excluding carboxylic acids is 3. The van der Waals surface area contributed by atoms with Crippen molar-refractivity contribution in [2.45, 2.75) is 71.1 Å². The van der Waals surface area contributed by atoms with E-state index in [1.807, 2.05) is 0 Å². The molecule has 0 radical (unpaired) electrons. The summed E-state index contributed by atoms with van der Waals surface area (Å²) in [6.07, 6.45) is 0.0598. The highest BCUT2D eigenvalue weighted by Crippen LogP contribution is 2.09. The average molecular weight is 472 g/mol. The fraction of sp³-hybridized carbons (Fsp3) is 0.545. The molecule has 0 bridgehead atoms. The van der Waals surface area contributed by atoms with E-state index in [-0.39, 0.29) is 24.9 Å². The van der Waals surface area contributed by atoms with Gasteiger partial charge < -0.3 is 25.8 Å². The topological polar surface area (TPSA) is 134 Å². The summed E-state index contributed by atoms with van der Waals surface area (Å²) in [5, 5.41) is 16.6. The summed E-state index contributed by atoms with van der Waals surface area (Å²) in [7, 11) is 0. The zero-order valence-electron chi connectivity index (χ0n) is 19.2. The third-order valence-electron chi connectivity index (χ3n) is 4.26. The number of nitrogens with one attached hydrogen (secondary N) is 3. The van der Waals surface area contributed by atoms with Crippen LogP contribution in [0.3, 0.4) is 0 Å². The lowest BCUT2D eigenvalue weighted by Gasteiger charge is -2.20. The first-order valence-electron chi connectivity index (χ1n) is 10.5. The van der Waals surface area contributed by atoms with Gasteiger partial charge in [-0.15, -0.1) is 0 Å². The number of carboxylic acids is 1. The first-order valence-corrected chi connectivity index (χ1v) is 10.5. The number of hydrogen-bond donors (Lipinski definition) is 4. The SMILES string of the molecule is C[C@H](NC(=O)Cc1cc(F)cc(F)c1)C(=O)N[C@@H](CCCCNC(=O)OC(C)(C)C)C(=O)O. The number of benzene rings is 1. The number of carbonyl (C=O) groups is 4. The van der Waals surface area contributed by atoms with Crippen molar-refractivity contribution in [1.82, 2.24) is 16.0 Å². The Morgan fingerprint density at radius 1 is 1.03 bits per heavy atom. The maximum absolute atomic E-state index is 13.2. The van der Waals surface area contributed by atoms with Crippen LogP contribution in [0.5, 0.6) is 0 Å². The quantitative estimate of drug-likeness (QED) is 0.366. The summed E-state index contributed by atoms with van der Waals surface area (Å²) in [4.78, 5) is 47.4. The van der Waals surface area contributed by atoms with Gasteiger partial charge in [0.2, 0.25) is 11.8 Å². The zero-order chi connectivity index (χ0) is 25.2. The molecule has 0 spiro atoms. The van der Waals surface area contributed by atoms with Crippen LogP contribution in [0.25, 0.3) is 0 Å². The van der Waals surface area contributed by atoms with Gasteiger partial charge in [0, 0.05) is 12.6 Å². The molecule has 0 unspecified atom stereocenters. The van der Waals surface area contributed by atoms with Gasteiger partial charge in [-0.3, -0.25) is 9.59 Å². The average Bonchev–Trinajstić information content (AvgIpc) is 2.63. The van der Waals surface area contributed by atoms with Crippen LogP contribution in [0, 0.1) is 11.6 Å². The van der Waals surface area contributed by atoms with Gasteiger partial charge in [-0.2, -0.15) is 0 Å². The highest BCUT2D eigenvalue weighted by molar-refractivity contribution is 5.90. The zero-order valence-corrected chi connectivity index (χ0v) is 19.2. The van der Waals surface area contributed by atoms with Gasteiger partial charge in [0.05, 0.1) is 6.42 Å². The summed E-state index contributed by atoms with van der Waals surface area (Å²) in [6.45, 7) is 6.84. The highest BCUT2D eigenvalue weighted by atomic mass is 19.1. The van der Waals surface area contributed by atoms with Crippen molar-refractivity contribution in [2.75, 3.05) is 6.54 Å². The predicted octanol–water partition coefficient (Wildman–Crippen LogP) is 2.28. The molecule has 0 heterocycles. The number of hydrogen-bond acceptors (Lipinski definition) is 5. The van der Waals surface area contributed by atoms with Crippen molar-refractivity contribution in [1.29, 1.82) is 0 Å². The summed E-state index contributed by atoms with van der Waals surface area (Å²) < 4.78 is 31.5. The van der Waals surface area contributed by atoms with Gasteiger partial charge in [0.15, 0.2) is 0 Å². The van der Waals surface area contributed by atoms with E-state index >= 15 is 0 Å². The normalized spacial score (nSPS) is 12.9. The van der Waals surface area contributed by atoms with Crippen LogP contribution in [0.1, 0.15) is 52.5 Å². The molecule has 4 N–H and O–H groups in total. The number of unbranched alkanes of at least 4 members (excludes halogenated alkanes) is 1. The van der Waals surface area contributed by atoms with Crippen LogP contribution in [-0.4, -0.2) is 53.2 Å². The monoisotopic (exact) mass is 471 g/mol. The lowest BCUT2D eigenvalue weighted by atomic mass is 10.1. The number of alkyl carbamates (subject to hydrolysis) is 1. The number of amides is 3. The molecule has 0 aliphatic rings. The number of rotatable bonds is 11. The second-order valence-electron chi connectivity index (χ2n) is 8.57. The largest absolute Gasteiger partial charge is 0.480 e. The molecular formula is C22H31F2N3O6. The Bertz CT molecular complexity index is 837. The van der Waals surface area contributed by atoms with Crippen molar-refractivity contribution in [2.24, 2.45) is 0 Å². The Labute approximate surface area is 191 Å². The highest BCUT2D eigenvalue weighted by Gasteiger charge is 2.24. The van der Waals surface area contributed by atoms with Crippen molar-refractivity contribution in [3.8, 4) is 0 Å². The molecule has 184 valence electrons. The van der Waals surface area contributed by atoms with E-state index in [1.165, 1.54) is 6.92 Å². The van der Waals surface area contributed by atoms with Gasteiger partial charge in [0.1, 0.15) is 29.3 Å². The molecule has 0 fully saturated rings. The van der Waals surface area contributed by atoms with Crippen LogP contribution in [0.2, 0.25) is 0 Å². The standard InChI is InChI=1S/C22H31F2N3O6/c1-13(26-18(28)11-14-9-15(23)12-16(24)10-14)19(29)27-17(20(30)31)7-5-6-8-25-21(32)33-22(2,3)4/h9-10,12-13,17H,5-8,11H2,1-4H3,(H,25,32)(H,26,28)(H,27,29)(H,30,31)/t13-,17-/m0/s1. The molecule has 1 aromatic rings. The summed E-state index contributed by atoms with van der Waals surface area (Å²) in [6, 6.07) is 0.441. The molecule has 33 heavy (non-hydrogen) atoms. The van der Waals surface area contributed by atoms with E-state index in [0.29, 0.717) is 18.9 Å². The molecular weight excluding hydrogens is 440 g/mol. The van der Waals surface area contributed by atoms with Crippen molar-refractivity contribution in [3.05, 3.63) is 35.4 Å². The van der Waals surface area contributed by atoms with Crippen LogP contribution in [0.15, 0.2) is 18.2 Å². The molecule has 9 nitrogen and oxygen atoms in total. The molecule has 1 aromatic carbocycles.